The van der Waals surface area contributed by atoms with Crippen LogP contribution >= 0.6 is 15.9 Å². The monoisotopic (exact) mass is 456 g/mol. The number of nitrogens with zero attached hydrogens (tertiary/aromatic N) is 4. The van der Waals surface area contributed by atoms with Crippen LogP contribution in [0.25, 0.3) is 22.6 Å². The molecular formula is C20H14BrFN4O3. The van der Waals surface area contributed by atoms with Gasteiger partial charge in [0.25, 0.3) is 5.56 Å². The maximum Gasteiger partial charge on any atom is 0.267 e. The molecule has 0 amide bonds. The maximum atomic E-state index is 13.4. The van der Waals surface area contributed by atoms with Crippen molar-refractivity contribution in [1.82, 2.24) is 19.9 Å². The molecule has 0 radical (unpaired) electrons. The number of hydrogen-bond acceptors (Lipinski definition) is 6. The van der Waals surface area contributed by atoms with Crippen LogP contribution in [0.2, 0.25) is 0 Å². The first-order chi connectivity index (χ1) is 14.0. The topological polar surface area (TPSA) is 83.0 Å². The summed E-state index contributed by atoms with van der Waals surface area (Å²) in [5.74, 6) is 0.846. The summed E-state index contributed by atoms with van der Waals surface area (Å²) in [6.45, 7) is 0.0121. The summed E-state index contributed by atoms with van der Waals surface area (Å²) in [5.41, 5.74) is 1.74. The Kier molecular flexibility index (Phi) is 5.22. The molecule has 0 spiro atoms. The average Bonchev–Trinajstić information content (AvgIpc) is 3.20. The van der Waals surface area contributed by atoms with Crippen LogP contribution in [0.3, 0.4) is 0 Å². The zero-order valence-corrected chi connectivity index (χ0v) is 16.8. The van der Waals surface area contributed by atoms with Crippen LogP contribution < -0.4 is 10.3 Å². The van der Waals surface area contributed by atoms with E-state index in [-0.39, 0.29) is 23.8 Å². The third kappa shape index (κ3) is 4.09. The molecule has 0 atom stereocenters. The molecule has 9 heteroatoms. The van der Waals surface area contributed by atoms with E-state index in [2.05, 4.69) is 31.2 Å². The van der Waals surface area contributed by atoms with Gasteiger partial charge < -0.3 is 9.26 Å². The quantitative estimate of drug-likeness (QED) is 0.452. The molecule has 7 nitrogen and oxygen atoms in total. The Morgan fingerprint density at radius 1 is 1.10 bits per heavy atom. The van der Waals surface area contributed by atoms with Crippen molar-refractivity contribution in [2.45, 2.75) is 6.54 Å². The Labute approximate surface area is 172 Å². The first-order valence-corrected chi connectivity index (χ1v) is 9.33. The van der Waals surface area contributed by atoms with Gasteiger partial charge in [0.15, 0.2) is 0 Å². The molecule has 0 unspecified atom stereocenters. The smallest absolute Gasteiger partial charge is 0.267 e. The molecule has 0 N–H and O–H groups in total. The van der Waals surface area contributed by atoms with Gasteiger partial charge in [0.05, 0.1) is 17.3 Å². The van der Waals surface area contributed by atoms with Gasteiger partial charge in [-0.05, 0) is 64.5 Å². The van der Waals surface area contributed by atoms with Crippen LogP contribution in [0.1, 0.15) is 5.89 Å². The van der Waals surface area contributed by atoms with Gasteiger partial charge in [-0.2, -0.15) is 10.1 Å². The third-order valence-corrected chi connectivity index (χ3v) is 4.79. The van der Waals surface area contributed by atoms with E-state index in [1.165, 1.54) is 16.8 Å². The molecule has 0 saturated heterocycles. The summed E-state index contributed by atoms with van der Waals surface area (Å²) in [6, 6.07) is 14.8. The van der Waals surface area contributed by atoms with E-state index in [1.54, 1.807) is 25.3 Å². The highest BCUT2D eigenvalue weighted by Gasteiger charge is 2.13. The second kappa shape index (κ2) is 7.96. The van der Waals surface area contributed by atoms with Gasteiger partial charge in [-0.1, -0.05) is 5.16 Å². The Morgan fingerprint density at radius 3 is 2.59 bits per heavy atom. The van der Waals surface area contributed by atoms with E-state index >= 15 is 0 Å². The van der Waals surface area contributed by atoms with Crippen LogP contribution in [-0.2, 0) is 6.54 Å². The Hall–Kier alpha value is -3.33. The molecule has 2 aromatic carbocycles. The molecule has 0 aliphatic heterocycles. The summed E-state index contributed by atoms with van der Waals surface area (Å²) < 4.78 is 25.3. The standard InChI is InChI=1S/C20H14BrFN4O3/c1-28-14-5-2-12(3-6-14)17-8-9-19(27)26(24-17)11-18-23-20(25-29-18)13-4-7-16(22)15(21)10-13/h2-10H,11H2,1H3. The molecule has 4 rings (SSSR count). The normalized spacial score (nSPS) is 10.9. The highest BCUT2D eigenvalue weighted by atomic mass is 79.9. The number of hydrogen-bond donors (Lipinski definition) is 0. The molecule has 0 fully saturated rings. The summed E-state index contributed by atoms with van der Waals surface area (Å²) in [5, 5.41) is 8.28. The second-order valence-corrected chi connectivity index (χ2v) is 6.94. The number of halogens is 2. The van der Waals surface area contributed by atoms with Crippen molar-refractivity contribution < 1.29 is 13.7 Å². The minimum Gasteiger partial charge on any atom is -0.497 e. The fourth-order valence-electron chi connectivity index (χ4n) is 2.68. The van der Waals surface area contributed by atoms with E-state index in [0.29, 0.717) is 21.6 Å². The zero-order valence-electron chi connectivity index (χ0n) is 15.2. The lowest BCUT2D eigenvalue weighted by Gasteiger charge is -2.06. The Morgan fingerprint density at radius 2 is 1.86 bits per heavy atom. The van der Waals surface area contributed by atoms with Crippen molar-refractivity contribution in [2.24, 2.45) is 0 Å². The number of rotatable bonds is 5. The van der Waals surface area contributed by atoms with Crippen molar-refractivity contribution in [2.75, 3.05) is 7.11 Å². The van der Waals surface area contributed by atoms with Gasteiger partial charge in [0, 0.05) is 17.2 Å². The third-order valence-electron chi connectivity index (χ3n) is 4.18. The van der Waals surface area contributed by atoms with Crippen molar-refractivity contribution in [3.8, 4) is 28.4 Å². The largest absolute Gasteiger partial charge is 0.497 e. The summed E-state index contributed by atoms with van der Waals surface area (Å²) in [6.07, 6.45) is 0. The fraction of sp³-hybridized carbons (Fsp3) is 0.100. The summed E-state index contributed by atoms with van der Waals surface area (Å²) in [4.78, 5) is 16.5. The van der Waals surface area contributed by atoms with E-state index < -0.39 is 0 Å². The van der Waals surface area contributed by atoms with E-state index in [1.807, 2.05) is 24.3 Å². The highest BCUT2D eigenvalue weighted by molar-refractivity contribution is 9.10. The molecule has 2 heterocycles. The van der Waals surface area contributed by atoms with Gasteiger partial charge in [0.1, 0.15) is 18.1 Å². The Bertz CT molecular complexity index is 1220. The van der Waals surface area contributed by atoms with E-state index in [9.17, 15) is 9.18 Å². The lowest BCUT2D eigenvalue weighted by molar-refractivity contribution is 0.363. The molecule has 0 aliphatic carbocycles. The fourth-order valence-corrected chi connectivity index (χ4v) is 3.06. The van der Waals surface area contributed by atoms with Gasteiger partial charge in [-0.3, -0.25) is 4.79 Å². The van der Waals surface area contributed by atoms with Gasteiger partial charge in [0.2, 0.25) is 11.7 Å². The SMILES string of the molecule is COc1ccc(-c2ccc(=O)n(Cc3nc(-c4ccc(F)c(Br)c4)no3)n2)cc1. The predicted octanol–water partition coefficient (Wildman–Crippen LogP) is 3.92. The number of methoxy groups -OCH3 is 1. The van der Waals surface area contributed by atoms with Crippen molar-refractivity contribution in [1.29, 1.82) is 0 Å². The molecular weight excluding hydrogens is 443 g/mol. The predicted molar refractivity (Wildman–Crippen MR) is 107 cm³/mol. The minimum atomic E-state index is -0.386. The molecule has 0 aliphatic rings. The van der Waals surface area contributed by atoms with E-state index in [0.717, 1.165) is 11.3 Å². The molecule has 146 valence electrons. The van der Waals surface area contributed by atoms with Crippen LogP contribution in [0, 0.1) is 5.82 Å². The second-order valence-electron chi connectivity index (χ2n) is 6.08. The lowest BCUT2D eigenvalue weighted by atomic mass is 10.1. The zero-order chi connectivity index (χ0) is 20.4. The molecule has 29 heavy (non-hydrogen) atoms. The van der Waals surface area contributed by atoms with Crippen LogP contribution in [0.15, 0.2) is 68.4 Å². The van der Waals surface area contributed by atoms with Gasteiger partial charge in [-0.25, -0.2) is 9.07 Å². The minimum absolute atomic E-state index is 0.0121. The summed E-state index contributed by atoms with van der Waals surface area (Å²) in [7, 11) is 1.59. The van der Waals surface area contributed by atoms with Gasteiger partial charge >= 0.3 is 0 Å². The maximum absolute atomic E-state index is 13.4. The van der Waals surface area contributed by atoms with Crippen molar-refractivity contribution in [3.63, 3.8) is 0 Å². The first-order valence-electron chi connectivity index (χ1n) is 8.54. The van der Waals surface area contributed by atoms with Gasteiger partial charge in [-0.15, -0.1) is 0 Å². The van der Waals surface area contributed by atoms with E-state index in [4.69, 9.17) is 9.26 Å². The number of ether oxygens (including phenoxy) is 1. The van der Waals surface area contributed by atoms with Crippen molar-refractivity contribution in [3.05, 3.63) is 81.1 Å². The van der Waals surface area contributed by atoms with Crippen LogP contribution in [-0.4, -0.2) is 27.0 Å². The Balaban J connectivity index is 1.60. The summed E-state index contributed by atoms with van der Waals surface area (Å²) >= 11 is 3.13. The number of benzene rings is 2. The first kappa shape index (κ1) is 19.0. The molecule has 0 saturated carbocycles. The average molecular weight is 457 g/mol. The van der Waals surface area contributed by atoms with Crippen molar-refractivity contribution >= 4 is 15.9 Å². The molecule has 0 bridgehead atoms. The lowest BCUT2D eigenvalue weighted by Crippen LogP contribution is -2.23. The van der Waals surface area contributed by atoms with Crippen LogP contribution in [0.5, 0.6) is 5.75 Å². The highest BCUT2D eigenvalue weighted by Crippen LogP contribution is 2.23. The van der Waals surface area contributed by atoms with Crippen LogP contribution in [0.4, 0.5) is 4.39 Å². The number of aromatic nitrogens is 4. The molecule has 2 aromatic heterocycles. The molecule has 4 aromatic rings.